The minimum absolute atomic E-state index is 0.155. The Kier molecular flexibility index (Phi) is 9.75. The first-order valence-corrected chi connectivity index (χ1v) is 15.8. The standard InChI is InChI=1S/C31H39N5O2S2/c1-7-16-36-28(20(4)38-23-13-10-21(8-2)11-14-23)34-35-30(36)39-19-27(37)33-29-25(18-32)24-15-12-22(17-26(24)40-29)31(5,6)9-3/h7,10-11,13-14,20,22H,1,8-9,12,15-17,19H2,2-6H3,(H,33,37). The molecule has 1 aliphatic rings. The van der Waals surface area contributed by atoms with Crippen molar-refractivity contribution in [2.24, 2.45) is 11.3 Å². The smallest absolute Gasteiger partial charge is 0.235 e. The molecule has 0 aliphatic heterocycles. The van der Waals surface area contributed by atoms with Gasteiger partial charge >= 0.3 is 0 Å². The maximum Gasteiger partial charge on any atom is 0.235 e. The predicted octanol–water partition coefficient (Wildman–Crippen LogP) is 7.37. The van der Waals surface area contributed by atoms with E-state index in [0.717, 1.165) is 43.4 Å². The van der Waals surface area contributed by atoms with Gasteiger partial charge in [0.1, 0.15) is 16.8 Å². The number of anilines is 1. The van der Waals surface area contributed by atoms with Gasteiger partial charge in [-0.2, -0.15) is 5.26 Å². The molecule has 0 saturated carbocycles. The van der Waals surface area contributed by atoms with E-state index in [1.807, 2.05) is 23.6 Å². The highest BCUT2D eigenvalue weighted by molar-refractivity contribution is 7.99. The first-order valence-electron chi connectivity index (χ1n) is 14.0. The van der Waals surface area contributed by atoms with Crippen molar-refractivity contribution in [1.82, 2.24) is 14.8 Å². The first kappa shape index (κ1) is 29.9. The molecule has 2 atom stereocenters. The average molecular weight is 578 g/mol. The molecule has 0 spiro atoms. The molecule has 1 amide bonds. The largest absolute Gasteiger partial charge is 0.483 e. The van der Waals surface area contributed by atoms with Crippen molar-refractivity contribution >= 4 is 34.0 Å². The van der Waals surface area contributed by atoms with Crippen LogP contribution in [-0.4, -0.2) is 26.4 Å². The third-order valence-corrected chi connectivity index (χ3v) is 10.2. The predicted molar refractivity (Wildman–Crippen MR) is 163 cm³/mol. The lowest BCUT2D eigenvalue weighted by atomic mass is 9.69. The summed E-state index contributed by atoms with van der Waals surface area (Å²) < 4.78 is 8.06. The summed E-state index contributed by atoms with van der Waals surface area (Å²) >= 11 is 2.88. The number of thioether (sulfide) groups is 1. The van der Waals surface area contributed by atoms with Crippen LogP contribution < -0.4 is 10.1 Å². The minimum Gasteiger partial charge on any atom is -0.483 e. The number of hydrogen-bond donors (Lipinski definition) is 1. The van der Waals surface area contributed by atoms with E-state index in [-0.39, 0.29) is 23.2 Å². The summed E-state index contributed by atoms with van der Waals surface area (Å²) in [6.07, 6.45) is 6.49. The van der Waals surface area contributed by atoms with E-state index >= 15 is 0 Å². The van der Waals surface area contributed by atoms with E-state index in [0.29, 0.717) is 34.0 Å². The molecule has 3 aromatic rings. The number of nitriles is 1. The van der Waals surface area contributed by atoms with Gasteiger partial charge in [-0.1, -0.05) is 64.1 Å². The molecule has 2 unspecified atom stereocenters. The fourth-order valence-electron chi connectivity index (χ4n) is 5.11. The van der Waals surface area contributed by atoms with Gasteiger partial charge < -0.3 is 10.1 Å². The molecular weight excluding hydrogens is 539 g/mol. The Balaban J connectivity index is 1.42. The second kappa shape index (κ2) is 13.0. The molecule has 4 rings (SSSR count). The van der Waals surface area contributed by atoms with Crippen LogP contribution in [-0.2, 0) is 30.6 Å². The van der Waals surface area contributed by atoms with Gasteiger partial charge in [0.25, 0.3) is 0 Å². The van der Waals surface area contributed by atoms with E-state index in [1.54, 1.807) is 17.4 Å². The zero-order chi connectivity index (χ0) is 28.9. The quantitative estimate of drug-likeness (QED) is 0.178. The average Bonchev–Trinajstić information content (AvgIpc) is 3.52. The highest BCUT2D eigenvalue weighted by Crippen LogP contribution is 2.45. The second-order valence-corrected chi connectivity index (χ2v) is 13.0. The number of benzene rings is 1. The summed E-state index contributed by atoms with van der Waals surface area (Å²) in [5.74, 6) is 2.01. The van der Waals surface area contributed by atoms with E-state index in [2.05, 4.69) is 68.0 Å². The number of rotatable bonds is 12. The highest BCUT2D eigenvalue weighted by Gasteiger charge is 2.34. The molecule has 1 aromatic carbocycles. The molecule has 0 fully saturated rings. The van der Waals surface area contributed by atoms with Crippen molar-refractivity contribution in [2.75, 3.05) is 11.1 Å². The maximum absolute atomic E-state index is 13.0. The number of carbonyl (C=O) groups is 1. The van der Waals surface area contributed by atoms with Crippen LogP contribution in [0.1, 0.15) is 81.0 Å². The summed E-state index contributed by atoms with van der Waals surface area (Å²) in [5.41, 5.74) is 3.26. The number of hydrogen-bond acceptors (Lipinski definition) is 7. The molecule has 0 bridgehead atoms. The van der Waals surface area contributed by atoms with E-state index in [1.165, 1.54) is 22.2 Å². The molecule has 0 saturated heterocycles. The summed E-state index contributed by atoms with van der Waals surface area (Å²) in [6.45, 7) is 15.3. The number of fused-ring (bicyclic) bond motifs is 1. The van der Waals surface area contributed by atoms with Crippen molar-refractivity contribution < 1.29 is 9.53 Å². The van der Waals surface area contributed by atoms with Crippen LogP contribution in [0, 0.1) is 22.7 Å². The SMILES string of the molecule is C=CCn1c(SCC(=O)Nc2sc3c(c2C#N)CCC(C(C)(C)CC)C3)nnc1C(C)Oc1ccc(CC)cc1. The van der Waals surface area contributed by atoms with Crippen molar-refractivity contribution in [1.29, 1.82) is 5.26 Å². The van der Waals surface area contributed by atoms with Crippen LogP contribution in [0.5, 0.6) is 5.75 Å². The lowest BCUT2D eigenvalue weighted by Crippen LogP contribution is -2.28. The van der Waals surface area contributed by atoms with E-state index < -0.39 is 0 Å². The van der Waals surface area contributed by atoms with Gasteiger partial charge in [-0.05, 0) is 67.2 Å². The maximum atomic E-state index is 13.0. The number of carbonyl (C=O) groups excluding carboxylic acids is 1. The monoisotopic (exact) mass is 577 g/mol. The van der Waals surface area contributed by atoms with Crippen LogP contribution in [0.4, 0.5) is 5.00 Å². The van der Waals surface area contributed by atoms with Crippen LogP contribution >= 0.6 is 23.1 Å². The fourth-order valence-corrected chi connectivity index (χ4v) is 7.16. The first-order chi connectivity index (χ1) is 19.2. The van der Waals surface area contributed by atoms with Crippen LogP contribution in [0.2, 0.25) is 0 Å². The van der Waals surface area contributed by atoms with Gasteiger partial charge in [0.05, 0.1) is 11.3 Å². The number of aromatic nitrogens is 3. The summed E-state index contributed by atoms with van der Waals surface area (Å²) in [6, 6.07) is 10.4. The van der Waals surface area contributed by atoms with Crippen molar-refractivity contribution in [3.63, 3.8) is 0 Å². The Morgan fingerprint density at radius 3 is 2.75 bits per heavy atom. The number of nitrogens with zero attached hydrogens (tertiary/aromatic N) is 4. The third kappa shape index (κ3) is 6.61. The van der Waals surface area contributed by atoms with Crippen LogP contribution in [0.25, 0.3) is 0 Å². The Morgan fingerprint density at radius 1 is 1.35 bits per heavy atom. The minimum atomic E-state index is -0.333. The number of allylic oxidation sites excluding steroid dienone is 1. The number of nitrogens with one attached hydrogen (secondary N) is 1. The summed E-state index contributed by atoms with van der Waals surface area (Å²) in [5, 5.41) is 22.9. The second-order valence-electron chi connectivity index (χ2n) is 10.9. The molecule has 2 heterocycles. The molecule has 7 nitrogen and oxygen atoms in total. The molecule has 9 heteroatoms. The Labute approximate surface area is 246 Å². The topological polar surface area (TPSA) is 92.8 Å². The molecule has 40 heavy (non-hydrogen) atoms. The van der Waals surface area contributed by atoms with Crippen molar-refractivity contribution in [3.05, 3.63) is 64.3 Å². The van der Waals surface area contributed by atoms with Gasteiger partial charge in [-0.3, -0.25) is 9.36 Å². The Morgan fingerprint density at radius 2 is 2.10 bits per heavy atom. The molecular formula is C31H39N5O2S2. The summed E-state index contributed by atoms with van der Waals surface area (Å²) in [4.78, 5) is 14.2. The summed E-state index contributed by atoms with van der Waals surface area (Å²) in [7, 11) is 0. The van der Waals surface area contributed by atoms with Crippen molar-refractivity contribution in [3.8, 4) is 11.8 Å². The number of aryl methyl sites for hydroxylation is 1. The van der Waals surface area contributed by atoms with E-state index in [9.17, 15) is 10.1 Å². The van der Waals surface area contributed by atoms with Gasteiger partial charge in [0, 0.05) is 11.4 Å². The highest BCUT2D eigenvalue weighted by atomic mass is 32.2. The molecule has 212 valence electrons. The van der Waals surface area contributed by atoms with Gasteiger partial charge in [-0.15, -0.1) is 28.1 Å². The fraction of sp³-hybridized carbons (Fsp3) is 0.484. The molecule has 1 aliphatic carbocycles. The van der Waals surface area contributed by atoms with Crippen molar-refractivity contribution in [2.45, 2.75) is 84.5 Å². The number of ether oxygens (including phenoxy) is 1. The third-order valence-electron chi connectivity index (χ3n) is 8.04. The van der Waals surface area contributed by atoms with Crippen LogP contribution in [0.3, 0.4) is 0 Å². The zero-order valence-electron chi connectivity index (χ0n) is 24.1. The van der Waals surface area contributed by atoms with Gasteiger partial charge in [0.15, 0.2) is 17.1 Å². The van der Waals surface area contributed by atoms with Gasteiger partial charge in [0.2, 0.25) is 5.91 Å². The number of thiophene rings is 1. The lowest BCUT2D eigenvalue weighted by molar-refractivity contribution is -0.113. The van der Waals surface area contributed by atoms with Gasteiger partial charge in [-0.25, -0.2) is 0 Å². The van der Waals surface area contributed by atoms with Crippen LogP contribution in [0.15, 0.2) is 42.1 Å². The Hall–Kier alpha value is -3.09. The molecule has 0 radical (unpaired) electrons. The Bertz CT molecular complexity index is 1380. The normalized spacial score (nSPS) is 15.7. The number of amides is 1. The van der Waals surface area contributed by atoms with E-state index in [4.69, 9.17) is 4.74 Å². The molecule has 2 aromatic heterocycles. The zero-order valence-corrected chi connectivity index (χ0v) is 25.8. The molecule has 1 N–H and O–H groups in total. The lowest BCUT2D eigenvalue weighted by Gasteiger charge is -2.36.